The van der Waals surface area contributed by atoms with E-state index in [1.807, 2.05) is 0 Å². The molecule has 1 heteroatoms. The molecule has 76 valence electrons. The third kappa shape index (κ3) is 4.87. The highest BCUT2D eigenvalue weighted by molar-refractivity contribution is 5.81. The number of carbonyl (C=O) groups excluding carboxylic acids is 1. The molecule has 0 aromatic carbocycles. The number of allylic oxidation sites excluding steroid dienone is 2. The van der Waals surface area contributed by atoms with E-state index in [4.69, 9.17) is 0 Å². The Labute approximate surface area is 82.2 Å². The molecule has 0 spiro atoms. The lowest BCUT2D eigenvalue weighted by molar-refractivity contribution is -0.119. The summed E-state index contributed by atoms with van der Waals surface area (Å²) in [6.45, 7) is 8.07. The van der Waals surface area contributed by atoms with E-state index in [0.717, 1.165) is 25.7 Å². The minimum absolute atomic E-state index is 0.177. The van der Waals surface area contributed by atoms with E-state index >= 15 is 0 Å². The van der Waals surface area contributed by atoms with Gasteiger partial charge in [-0.2, -0.15) is 0 Å². The first-order valence-corrected chi connectivity index (χ1v) is 5.30. The van der Waals surface area contributed by atoms with Gasteiger partial charge in [0.2, 0.25) is 0 Å². The van der Waals surface area contributed by atoms with Gasteiger partial charge in [-0.15, -0.1) is 0 Å². The topological polar surface area (TPSA) is 17.1 Å². The first-order valence-electron chi connectivity index (χ1n) is 5.30. The molecule has 1 atom stereocenters. The molecular weight excluding hydrogens is 160 g/mol. The van der Waals surface area contributed by atoms with Crippen LogP contribution in [0.4, 0.5) is 0 Å². The second-order valence-corrected chi connectivity index (χ2v) is 3.69. The summed E-state index contributed by atoms with van der Waals surface area (Å²) in [6.07, 6.45) is 6.55. The third-order valence-electron chi connectivity index (χ3n) is 2.37. The quantitative estimate of drug-likeness (QED) is 0.572. The lowest BCUT2D eigenvalue weighted by Gasteiger charge is -2.13. The Morgan fingerprint density at radius 1 is 1.23 bits per heavy atom. The zero-order chi connectivity index (χ0) is 10.3. The number of Topliss-reactive ketones (excluding diaryl/α,β-unsaturated/α-hetero) is 1. The molecule has 0 heterocycles. The first kappa shape index (κ1) is 12.4. The van der Waals surface area contributed by atoms with E-state index < -0.39 is 0 Å². The zero-order valence-corrected chi connectivity index (χ0v) is 9.39. The van der Waals surface area contributed by atoms with Gasteiger partial charge in [0.05, 0.1) is 0 Å². The van der Waals surface area contributed by atoms with Gasteiger partial charge in [0.15, 0.2) is 0 Å². The molecule has 0 rings (SSSR count). The molecule has 1 nitrogen and oxygen atoms in total. The van der Waals surface area contributed by atoms with Crippen LogP contribution >= 0.6 is 0 Å². The molecule has 0 unspecified atom stereocenters. The number of rotatable bonds is 6. The molecule has 0 radical (unpaired) electrons. The number of carbonyl (C=O) groups is 1. The molecule has 0 amide bonds. The Bertz CT molecular complexity index is 180. The van der Waals surface area contributed by atoms with Gasteiger partial charge < -0.3 is 0 Å². The first-order chi connectivity index (χ1) is 6.13. The molecule has 0 aliphatic carbocycles. The summed E-state index contributed by atoms with van der Waals surface area (Å²) in [5.74, 6) is 0.489. The molecule has 0 aromatic rings. The zero-order valence-electron chi connectivity index (χ0n) is 9.39. The largest absolute Gasteiger partial charge is 0.299 e. The normalized spacial score (nSPS) is 14.3. The fourth-order valence-electron chi connectivity index (χ4n) is 1.55. The summed E-state index contributed by atoms with van der Waals surface area (Å²) in [6, 6.07) is 0. The van der Waals surface area contributed by atoms with E-state index in [9.17, 15) is 4.79 Å². The van der Waals surface area contributed by atoms with E-state index in [1.165, 1.54) is 5.57 Å². The van der Waals surface area contributed by atoms with Crippen LogP contribution in [-0.2, 0) is 4.79 Å². The van der Waals surface area contributed by atoms with Gasteiger partial charge in [0.25, 0.3) is 0 Å². The Morgan fingerprint density at radius 2 is 1.85 bits per heavy atom. The summed E-state index contributed by atoms with van der Waals surface area (Å²) < 4.78 is 0. The van der Waals surface area contributed by atoms with E-state index in [0.29, 0.717) is 5.78 Å². The molecule has 0 bridgehead atoms. The third-order valence-corrected chi connectivity index (χ3v) is 2.37. The number of ketones is 1. The summed E-state index contributed by atoms with van der Waals surface area (Å²) in [5, 5.41) is 0. The average Bonchev–Trinajstić information content (AvgIpc) is 2.09. The van der Waals surface area contributed by atoms with Crippen LogP contribution in [0, 0.1) is 5.92 Å². The van der Waals surface area contributed by atoms with Crippen molar-refractivity contribution in [2.75, 3.05) is 0 Å². The fourth-order valence-corrected chi connectivity index (χ4v) is 1.55. The molecule has 0 saturated heterocycles. The van der Waals surface area contributed by atoms with Crippen LogP contribution in [0.2, 0.25) is 0 Å². The van der Waals surface area contributed by atoms with E-state index in [2.05, 4.69) is 26.8 Å². The van der Waals surface area contributed by atoms with Crippen LogP contribution in [0.15, 0.2) is 11.6 Å². The van der Waals surface area contributed by atoms with Crippen molar-refractivity contribution in [1.82, 2.24) is 0 Å². The van der Waals surface area contributed by atoms with Crippen molar-refractivity contribution in [2.24, 2.45) is 5.92 Å². The Balaban J connectivity index is 4.26. The fraction of sp³-hybridized carbons (Fsp3) is 0.750. The molecule has 13 heavy (non-hydrogen) atoms. The van der Waals surface area contributed by atoms with Crippen molar-refractivity contribution in [3.63, 3.8) is 0 Å². The van der Waals surface area contributed by atoms with Crippen molar-refractivity contribution in [3.05, 3.63) is 11.6 Å². The molecular formula is C12H22O. The van der Waals surface area contributed by atoms with Crippen LogP contribution in [0.3, 0.4) is 0 Å². The maximum atomic E-state index is 11.3. The Hall–Kier alpha value is -0.590. The molecule has 0 N–H and O–H groups in total. The average molecular weight is 182 g/mol. The molecule has 0 fully saturated rings. The lowest BCUT2D eigenvalue weighted by Crippen LogP contribution is -2.11. The summed E-state index contributed by atoms with van der Waals surface area (Å²) in [5.41, 5.74) is 1.26. The van der Waals surface area contributed by atoms with Crippen LogP contribution < -0.4 is 0 Å². The monoisotopic (exact) mass is 182 g/mol. The van der Waals surface area contributed by atoms with Crippen LogP contribution in [0.1, 0.15) is 53.4 Å². The van der Waals surface area contributed by atoms with Crippen molar-refractivity contribution >= 4 is 5.78 Å². The van der Waals surface area contributed by atoms with Gasteiger partial charge in [0.1, 0.15) is 5.78 Å². The van der Waals surface area contributed by atoms with E-state index in [-0.39, 0.29) is 5.92 Å². The van der Waals surface area contributed by atoms with Crippen LogP contribution in [0.5, 0.6) is 0 Å². The smallest absolute Gasteiger partial charge is 0.136 e. The van der Waals surface area contributed by atoms with Crippen LogP contribution in [-0.4, -0.2) is 5.78 Å². The van der Waals surface area contributed by atoms with Gasteiger partial charge in [0, 0.05) is 5.92 Å². The Morgan fingerprint density at radius 3 is 2.23 bits per heavy atom. The molecule has 0 aliphatic rings. The predicted octanol–water partition coefficient (Wildman–Crippen LogP) is 3.74. The summed E-state index contributed by atoms with van der Waals surface area (Å²) >= 11 is 0. The van der Waals surface area contributed by atoms with Gasteiger partial charge in [-0.05, 0) is 26.7 Å². The highest BCUT2D eigenvalue weighted by atomic mass is 16.1. The molecule has 0 saturated carbocycles. The minimum atomic E-state index is 0.177. The van der Waals surface area contributed by atoms with Crippen molar-refractivity contribution < 1.29 is 4.79 Å². The van der Waals surface area contributed by atoms with Gasteiger partial charge in [-0.25, -0.2) is 0 Å². The number of hydrogen-bond donors (Lipinski definition) is 0. The molecule has 0 aliphatic heterocycles. The summed E-state index contributed by atoms with van der Waals surface area (Å²) in [4.78, 5) is 11.3. The van der Waals surface area contributed by atoms with Gasteiger partial charge in [-0.3, -0.25) is 4.79 Å². The second kappa shape index (κ2) is 6.88. The second-order valence-electron chi connectivity index (χ2n) is 3.69. The standard InChI is InChI=1S/C12H22O/c1-5-7-9-10(3)12(8-6-2)11(4)13/h9,12H,5-8H2,1-4H3/b10-9+/t12-/m0/s1. The number of hydrogen-bond acceptors (Lipinski definition) is 1. The van der Waals surface area contributed by atoms with Gasteiger partial charge in [-0.1, -0.05) is 38.3 Å². The highest BCUT2D eigenvalue weighted by Gasteiger charge is 2.13. The lowest BCUT2D eigenvalue weighted by atomic mass is 9.91. The van der Waals surface area contributed by atoms with E-state index in [1.54, 1.807) is 6.92 Å². The van der Waals surface area contributed by atoms with Crippen molar-refractivity contribution in [1.29, 1.82) is 0 Å². The van der Waals surface area contributed by atoms with Crippen LogP contribution in [0.25, 0.3) is 0 Å². The highest BCUT2D eigenvalue weighted by Crippen LogP contribution is 2.18. The Kier molecular flexibility index (Phi) is 6.56. The van der Waals surface area contributed by atoms with Crippen molar-refractivity contribution in [3.8, 4) is 0 Å². The maximum Gasteiger partial charge on any atom is 0.136 e. The maximum absolute atomic E-state index is 11.3. The summed E-state index contributed by atoms with van der Waals surface area (Å²) in [7, 11) is 0. The predicted molar refractivity (Wildman–Crippen MR) is 57.7 cm³/mol. The molecule has 0 aromatic heterocycles. The van der Waals surface area contributed by atoms with Crippen molar-refractivity contribution in [2.45, 2.75) is 53.4 Å². The number of unbranched alkanes of at least 4 members (excludes halogenated alkanes) is 1. The minimum Gasteiger partial charge on any atom is -0.299 e. The SMILES string of the molecule is CCC/C=C(\C)[C@H](CCC)C(C)=O. The van der Waals surface area contributed by atoms with Gasteiger partial charge >= 0.3 is 0 Å².